The first-order valence-electron chi connectivity index (χ1n) is 7.99. The Morgan fingerprint density at radius 2 is 1.36 bits per heavy atom. The first-order valence-corrected chi connectivity index (χ1v) is 9.43. The lowest BCUT2D eigenvalue weighted by molar-refractivity contribution is 0.475. The van der Waals surface area contributed by atoms with E-state index in [1.165, 1.54) is 16.4 Å². The molecule has 0 aliphatic heterocycles. The summed E-state index contributed by atoms with van der Waals surface area (Å²) in [6, 6.07) is 22.8. The van der Waals surface area contributed by atoms with Crippen LogP contribution in [-0.4, -0.2) is 20.1 Å². The van der Waals surface area contributed by atoms with E-state index in [2.05, 4.69) is 0 Å². The van der Waals surface area contributed by atoms with Gasteiger partial charge in [0, 0.05) is 6.54 Å². The number of hydrogen-bond acceptors (Lipinski definition) is 3. The minimum Gasteiger partial charge on any atom is -0.508 e. The van der Waals surface area contributed by atoms with Gasteiger partial charge in [0.1, 0.15) is 5.75 Å². The molecular formula is C20H19NO3S. The SMILES string of the molecule is CCN(c1ccc(O)cc1)S(=O)(=O)c1ccc(-c2ccccc2)cc1. The largest absolute Gasteiger partial charge is 0.508 e. The molecule has 25 heavy (non-hydrogen) atoms. The molecule has 0 radical (unpaired) electrons. The molecular weight excluding hydrogens is 334 g/mol. The lowest BCUT2D eigenvalue weighted by atomic mass is 10.1. The molecule has 0 fully saturated rings. The molecule has 3 rings (SSSR count). The second kappa shape index (κ2) is 6.99. The molecule has 0 aliphatic carbocycles. The van der Waals surface area contributed by atoms with Gasteiger partial charge in [-0.15, -0.1) is 0 Å². The molecule has 1 N–H and O–H groups in total. The summed E-state index contributed by atoms with van der Waals surface area (Å²) >= 11 is 0. The fourth-order valence-electron chi connectivity index (χ4n) is 2.69. The van der Waals surface area contributed by atoms with E-state index in [-0.39, 0.29) is 10.6 Å². The number of phenols is 1. The molecule has 0 atom stereocenters. The molecule has 4 nitrogen and oxygen atoms in total. The van der Waals surface area contributed by atoms with Gasteiger partial charge in [0.2, 0.25) is 0 Å². The van der Waals surface area contributed by atoms with Crippen LogP contribution in [0.15, 0.2) is 83.8 Å². The predicted molar refractivity (Wildman–Crippen MR) is 100 cm³/mol. The van der Waals surface area contributed by atoms with E-state index in [0.717, 1.165) is 11.1 Å². The summed E-state index contributed by atoms with van der Waals surface area (Å²) in [6.45, 7) is 2.08. The van der Waals surface area contributed by atoms with Crippen molar-refractivity contribution in [3.05, 3.63) is 78.9 Å². The molecule has 0 aliphatic rings. The van der Waals surface area contributed by atoms with Crippen molar-refractivity contribution in [2.24, 2.45) is 0 Å². The van der Waals surface area contributed by atoms with Gasteiger partial charge in [-0.1, -0.05) is 42.5 Å². The predicted octanol–water partition coefficient (Wildman–Crippen LogP) is 4.27. The number of benzene rings is 3. The third kappa shape index (κ3) is 3.51. The van der Waals surface area contributed by atoms with Crippen molar-refractivity contribution in [1.82, 2.24) is 0 Å². The van der Waals surface area contributed by atoms with Crippen molar-refractivity contribution in [2.45, 2.75) is 11.8 Å². The number of phenolic OH excluding ortho intramolecular Hbond substituents is 1. The topological polar surface area (TPSA) is 57.6 Å². The Kier molecular flexibility index (Phi) is 4.76. The zero-order valence-electron chi connectivity index (χ0n) is 13.8. The second-order valence-electron chi connectivity index (χ2n) is 5.58. The molecule has 128 valence electrons. The maximum Gasteiger partial charge on any atom is 0.264 e. The lowest BCUT2D eigenvalue weighted by Crippen LogP contribution is -2.30. The first kappa shape index (κ1) is 17.0. The molecule has 3 aromatic rings. The summed E-state index contributed by atoms with van der Waals surface area (Å²) in [5.41, 5.74) is 2.52. The first-order chi connectivity index (χ1) is 12.0. The smallest absolute Gasteiger partial charge is 0.264 e. The molecule has 0 saturated carbocycles. The van der Waals surface area contributed by atoms with Crippen LogP contribution in [0.3, 0.4) is 0 Å². The van der Waals surface area contributed by atoms with Gasteiger partial charge in [-0.2, -0.15) is 0 Å². The van der Waals surface area contributed by atoms with E-state index in [1.807, 2.05) is 42.5 Å². The van der Waals surface area contributed by atoms with E-state index >= 15 is 0 Å². The van der Waals surface area contributed by atoms with Crippen LogP contribution in [0.1, 0.15) is 6.92 Å². The van der Waals surface area contributed by atoms with Gasteiger partial charge in [-0.25, -0.2) is 8.42 Å². The molecule has 0 unspecified atom stereocenters. The van der Waals surface area contributed by atoms with Crippen LogP contribution in [0.4, 0.5) is 5.69 Å². The van der Waals surface area contributed by atoms with E-state index in [1.54, 1.807) is 31.2 Å². The Morgan fingerprint density at radius 1 is 0.800 bits per heavy atom. The van der Waals surface area contributed by atoms with E-state index < -0.39 is 10.0 Å². The maximum atomic E-state index is 13.0. The standard InChI is InChI=1S/C20H19NO3S/c1-2-21(18-10-12-19(22)13-11-18)25(23,24)20-14-8-17(9-15-20)16-6-4-3-5-7-16/h3-15,22H,2H2,1H3. The molecule has 3 aromatic carbocycles. The van der Waals surface area contributed by atoms with Crippen molar-refractivity contribution in [3.63, 3.8) is 0 Å². The van der Waals surface area contributed by atoms with Crippen molar-refractivity contribution < 1.29 is 13.5 Å². The summed E-state index contributed by atoms with van der Waals surface area (Å²) in [5.74, 6) is 0.101. The lowest BCUT2D eigenvalue weighted by Gasteiger charge is -2.23. The van der Waals surface area contributed by atoms with Gasteiger partial charge in [0.05, 0.1) is 10.6 Å². The highest BCUT2D eigenvalue weighted by Gasteiger charge is 2.23. The van der Waals surface area contributed by atoms with E-state index in [9.17, 15) is 13.5 Å². The van der Waals surface area contributed by atoms with E-state index in [4.69, 9.17) is 0 Å². The van der Waals surface area contributed by atoms with Gasteiger partial charge in [-0.05, 0) is 54.4 Å². The zero-order chi connectivity index (χ0) is 17.9. The van der Waals surface area contributed by atoms with Gasteiger partial charge in [0.15, 0.2) is 0 Å². The Hall–Kier alpha value is -2.79. The second-order valence-corrected chi connectivity index (χ2v) is 7.44. The number of sulfonamides is 1. The Balaban J connectivity index is 1.94. The minimum absolute atomic E-state index is 0.101. The molecule has 0 heterocycles. The fraction of sp³-hybridized carbons (Fsp3) is 0.100. The molecule has 0 aromatic heterocycles. The van der Waals surface area contributed by atoms with Crippen LogP contribution >= 0.6 is 0 Å². The summed E-state index contributed by atoms with van der Waals surface area (Å²) in [7, 11) is -3.66. The third-order valence-corrected chi connectivity index (χ3v) is 5.89. The number of anilines is 1. The zero-order valence-corrected chi connectivity index (χ0v) is 14.6. The monoisotopic (exact) mass is 353 g/mol. The number of hydrogen-bond donors (Lipinski definition) is 1. The highest BCUT2D eigenvalue weighted by molar-refractivity contribution is 7.92. The Labute approximate surface area is 148 Å². The summed E-state index contributed by atoms with van der Waals surface area (Å²) < 4.78 is 27.2. The van der Waals surface area contributed by atoms with Crippen LogP contribution in [0, 0.1) is 0 Å². The Bertz CT molecular complexity index is 934. The van der Waals surface area contributed by atoms with Gasteiger partial charge in [-0.3, -0.25) is 4.31 Å². The molecule has 0 saturated heterocycles. The quantitative estimate of drug-likeness (QED) is 0.745. The normalized spacial score (nSPS) is 11.2. The van der Waals surface area contributed by atoms with Crippen LogP contribution in [0.25, 0.3) is 11.1 Å². The maximum absolute atomic E-state index is 13.0. The summed E-state index contributed by atoms with van der Waals surface area (Å²) in [5, 5.41) is 9.40. The third-order valence-electron chi connectivity index (χ3n) is 3.97. The van der Waals surface area contributed by atoms with E-state index in [0.29, 0.717) is 12.2 Å². The molecule has 0 amide bonds. The number of rotatable bonds is 5. The number of nitrogens with zero attached hydrogens (tertiary/aromatic N) is 1. The van der Waals surface area contributed by atoms with Crippen molar-refractivity contribution >= 4 is 15.7 Å². The average Bonchev–Trinajstić information content (AvgIpc) is 2.64. The average molecular weight is 353 g/mol. The fourth-order valence-corrected chi connectivity index (χ4v) is 4.16. The van der Waals surface area contributed by atoms with Gasteiger partial charge in [0.25, 0.3) is 10.0 Å². The summed E-state index contributed by atoms with van der Waals surface area (Å²) in [6.07, 6.45) is 0. The highest BCUT2D eigenvalue weighted by atomic mass is 32.2. The van der Waals surface area contributed by atoms with Crippen LogP contribution < -0.4 is 4.31 Å². The van der Waals surface area contributed by atoms with Crippen LogP contribution in [0.2, 0.25) is 0 Å². The highest BCUT2D eigenvalue weighted by Crippen LogP contribution is 2.27. The minimum atomic E-state index is -3.66. The number of aromatic hydroxyl groups is 1. The molecule has 5 heteroatoms. The molecule has 0 bridgehead atoms. The van der Waals surface area contributed by atoms with Gasteiger partial charge < -0.3 is 5.11 Å². The van der Waals surface area contributed by atoms with Crippen molar-refractivity contribution in [2.75, 3.05) is 10.8 Å². The van der Waals surface area contributed by atoms with Gasteiger partial charge >= 0.3 is 0 Å². The molecule has 0 spiro atoms. The van der Waals surface area contributed by atoms with Crippen molar-refractivity contribution in [1.29, 1.82) is 0 Å². The summed E-state index contributed by atoms with van der Waals surface area (Å²) in [4.78, 5) is 0.238. The Morgan fingerprint density at radius 3 is 1.92 bits per heavy atom. The van der Waals surface area contributed by atoms with Crippen LogP contribution in [-0.2, 0) is 10.0 Å². The van der Waals surface area contributed by atoms with Crippen LogP contribution in [0.5, 0.6) is 5.75 Å². The van der Waals surface area contributed by atoms with Crippen molar-refractivity contribution in [3.8, 4) is 16.9 Å².